The summed E-state index contributed by atoms with van der Waals surface area (Å²) in [5.74, 6) is 1.45. The van der Waals surface area contributed by atoms with Gasteiger partial charge < -0.3 is 24.4 Å². The fraction of sp³-hybridized carbons (Fsp3) is 0.387. The molecule has 0 aliphatic carbocycles. The Labute approximate surface area is 220 Å². The van der Waals surface area contributed by atoms with Crippen LogP contribution in [0.25, 0.3) is 11.1 Å². The van der Waals surface area contributed by atoms with Crippen molar-refractivity contribution in [2.75, 3.05) is 47.1 Å². The number of piperidine rings is 1. The van der Waals surface area contributed by atoms with Gasteiger partial charge in [0.05, 0.1) is 19.8 Å². The average Bonchev–Trinajstić information content (AvgIpc) is 2.96. The van der Waals surface area contributed by atoms with E-state index in [0.717, 1.165) is 25.9 Å². The molecule has 3 aromatic rings. The van der Waals surface area contributed by atoms with E-state index in [1.807, 2.05) is 23.1 Å². The zero-order valence-corrected chi connectivity index (χ0v) is 22.1. The first-order valence-corrected chi connectivity index (χ1v) is 13.1. The van der Waals surface area contributed by atoms with Gasteiger partial charge in [-0.25, -0.2) is 0 Å². The minimum Gasteiger partial charge on any atom is -0.493 e. The number of nitrogens with one attached hydrogen (secondary N) is 1. The van der Waals surface area contributed by atoms with Crippen molar-refractivity contribution in [2.45, 2.75) is 31.7 Å². The van der Waals surface area contributed by atoms with E-state index in [1.165, 1.54) is 16.7 Å². The molecule has 6 nitrogen and oxygen atoms in total. The Morgan fingerprint density at radius 2 is 1.76 bits per heavy atom. The van der Waals surface area contributed by atoms with E-state index in [4.69, 9.17) is 14.2 Å². The molecule has 4 rings (SSSR count). The normalized spacial score (nSPS) is 17.3. The lowest BCUT2D eigenvalue weighted by atomic mass is 9.83. The van der Waals surface area contributed by atoms with Crippen LogP contribution in [0.15, 0.2) is 72.8 Å². The molecular formula is C31H38N2O4. The maximum absolute atomic E-state index is 13.9. The predicted octanol–water partition coefficient (Wildman–Crippen LogP) is 5.39. The molecule has 3 aromatic carbocycles. The van der Waals surface area contributed by atoms with Crippen molar-refractivity contribution in [3.63, 3.8) is 0 Å². The van der Waals surface area contributed by atoms with Gasteiger partial charge in [0, 0.05) is 44.7 Å². The van der Waals surface area contributed by atoms with Crippen molar-refractivity contribution in [3.8, 4) is 22.6 Å². The highest BCUT2D eigenvalue weighted by Crippen LogP contribution is 2.34. The molecule has 1 N–H and O–H groups in total. The van der Waals surface area contributed by atoms with E-state index in [-0.39, 0.29) is 17.9 Å². The van der Waals surface area contributed by atoms with Crippen LogP contribution in [0.2, 0.25) is 0 Å². The van der Waals surface area contributed by atoms with Gasteiger partial charge >= 0.3 is 0 Å². The number of hydrogen-bond acceptors (Lipinski definition) is 5. The number of likely N-dealkylation sites (N-methyl/N-ethyl adjacent to an activating group) is 1. The van der Waals surface area contributed by atoms with Crippen LogP contribution in [-0.4, -0.2) is 63.9 Å². The third-order valence-electron chi connectivity index (χ3n) is 7.03. The van der Waals surface area contributed by atoms with Crippen LogP contribution in [0, 0.1) is 0 Å². The highest BCUT2D eigenvalue weighted by atomic mass is 16.5. The van der Waals surface area contributed by atoms with Gasteiger partial charge in [0.1, 0.15) is 0 Å². The number of benzene rings is 3. The Kier molecular flexibility index (Phi) is 9.58. The highest BCUT2D eigenvalue weighted by molar-refractivity contribution is 5.95. The topological polar surface area (TPSA) is 60.0 Å². The second kappa shape index (κ2) is 13.3. The molecule has 1 saturated heterocycles. The molecule has 0 saturated carbocycles. The molecule has 37 heavy (non-hydrogen) atoms. The van der Waals surface area contributed by atoms with Crippen LogP contribution in [-0.2, 0) is 4.74 Å². The first-order valence-electron chi connectivity index (χ1n) is 13.1. The van der Waals surface area contributed by atoms with Gasteiger partial charge in [-0.2, -0.15) is 0 Å². The number of hydrogen-bond donors (Lipinski definition) is 1. The quantitative estimate of drug-likeness (QED) is 0.357. The van der Waals surface area contributed by atoms with Gasteiger partial charge in [0.15, 0.2) is 11.5 Å². The molecule has 196 valence electrons. The molecule has 0 unspecified atom stereocenters. The number of methoxy groups -OCH3 is 2. The van der Waals surface area contributed by atoms with Crippen LogP contribution >= 0.6 is 0 Å². The molecule has 1 aliphatic rings. The summed E-state index contributed by atoms with van der Waals surface area (Å²) in [6.45, 7) is 5.48. The fourth-order valence-corrected chi connectivity index (χ4v) is 5.14. The summed E-state index contributed by atoms with van der Waals surface area (Å²) in [4.78, 5) is 15.9. The van der Waals surface area contributed by atoms with Gasteiger partial charge in [-0.05, 0) is 54.8 Å². The smallest absolute Gasteiger partial charge is 0.254 e. The van der Waals surface area contributed by atoms with Gasteiger partial charge in [0.2, 0.25) is 0 Å². The molecule has 1 fully saturated rings. The minimum atomic E-state index is 0.00445. The maximum Gasteiger partial charge on any atom is 0.254 e. The first-order chi connectivity index (χ1) is 18.2. The van der Waals surface area contributed by atoms with Crippen molar-refractivity contribution in [1.82, 2.24) is 10.2 Å². The summed E-state index contributed by atoms with van der Waals surface area (Å²) in [5, 5.41) is 3.52. The molecule has 0 aromatic heterocycles. The van der Waals surface area contributed by atoms with Gasteiger partial charge in [-0.1, -0.05) is 54.6 Å². The molecule has 0 radical (unpaired) electrons. The molecule has 0 spiro atoms. The molecule has 6 heteroatoms. The van der Waals surface area contributed by atoms with E-state index in [2.05, 4.69) is 60.8 Å². The van der Waals surface area contributed by atoms with Crippen LogP contribution in [0.4, 0.5) is 0 Å². The lowest BCUT2D eigenvalue weighted by molar-refractivity contribution is 0.0633. The molecular weight excluding hydrogens is 464 g/mol. The largest absolute Gasteiger partial charge is 0.493 e. The Morgan fingerprint density at radius 3 is 2.51 bits per heavy atom. The van der Waals surface area contributed by atoms with E-state index in [9.17, 15) is 4.79 Å². The number of nitrogens with zero attached hydrogens (tertiary/aromatic N) is 1. The van der Waals surface area contributed by atoms with Crippen LogP contribution in [0.1, 0.15) is 41.6 Å². The number of carbonyl (C=O) groups excluding carboxylic acids is 1. The van der Waals surface area contributed by atoms with Crippen molar-refractivity contribution in [2.24, 2.45) is 0 Å². The first kappa shape index (κ1) is 26.7. The maximum atomic E-state index is 13.9. The summed E-state index contributed by atoms with van der Waals surface area (Å²) in [5.41, 5.74) is 4.28. The Bertz CT molecular complexity index is 1150. The summed E-state index contributed by atoms with van der Waals surface area (Å²) < 4.78 is 16.5. The number of ether oxygens (including phenoxy) is 3. The van der Waals surface area contributed by atoms with Crippen LogP contribution in [0.5, 0.6) is 11.5 Å². The standard InChI is InChI=1S/C31H38N2O4/c1-4-33(31(34)26-14-15-29(36-3)30(21-26)37-19-9-18-35-2)28-22-32-17-16-27(28)25-13-8-12-24(20-25)23-10-6-5-7-11-23/h5-8,10-15,20-21,27-28,32H,4,9,16-19,22H2,1-3H3/t27-,28+/m1/s1. The van der Waals surface area contributed by atoms with Crippen LogP contribution in [0.3, 0.4) is 0 Å². The predicted molar refractivity (Wildman–Crippen MR) is 148 cm³/mol. The van der Waals surface area contributed by atoms with Gasteiger partial charge in [-0.3, -0.25) is 4.79 Å². The van der Waals surface area contributed by atoms with E-state index in [0.29, 0.717) is 36.8 Å². The molecule has 1 heterocycles. The molecule has 0 bridgehead atoms. The summed E-state index contributed by atoms with van der Waals surface area (Å²) in [6, 6.07) is 24.7. The summed E-state index contributed by atoms with van der Waals surface area (Å²) in [7, 11) is 3.28. The zero-order chi connectivity index (χ0) is 26.0. The van der Waals surface area contributed by atoms with E-state index >= 15 is 0 Å². The SMILES string of the molecule is CCN(C(=O)c1ccc(OC)c(OCCCOC)c1)[C@H]1CNCC[C@@H]1c1cccc(-c2ccccc2)c1. The lowest BCUT2D eigenvalue weighted by Gasteiger charge is -2.40. The molecule has 1 aliphatic heterocycles. The Hall–Kier alpha value is -3.35. The highest BCUT2D eigenvalue weighted by Gasteiger charge is 2.34. The summed E-state index contributed by atoms with van der Waals surface area (Å²) >= 11 is 0. The Balaban J connectivity index is 1.58. The van der Waals surface area contributed by atoms with Gasteiger partial charge in [-0.15, -0.1) is 0 Å². The second-order valence-electron chi connectivity index (χ2n) is 9.31. The number of amides is 1. The third-order valence-corrected chi connectivity index (χ3v) is 7.03. The van der Waals surface area contributed by atoms with Crippen molar-refractivity contribution in [3.05, 3.63) is 83.9 Å². The molecule has 2 atom stereocenters. The third kappa shape index (κ3) is 6.51. The molecule has 1 amide bonds. The van der Waals surface area contributed by atoms with E-state index < -0.39 is 0 Å². The number of carbonyl (C=O) groups is 1. The number of rotatable bonds is 11. The minimum absolute atomic E-state index is 0.00445. The zero-order valence-electron chi connectivity index (χ0n) is 22.1. The fourth-order valence-electron chi connectivity index (χ4n) is 5.14. The lowest BCUT2D eigenvalue weighted by Crippen LogP contribution is -2.52. The summed E-state index contributed by atoms with van der Waals surface area (Å²) in [6.07, 6.45) is 1.74. The van der Waals surface area contributed by atoms with Crippen molar-refractivity contribution in [1.29, 1.82) is 0 Å². The van der Waals surface area contributed by atoms with Crippen LogP contribution < -0.4 is 14.8 Å². The van der Waals surface area contributed by atoms with Crippen molar-refractivity contribution >= 4 is 5.91 Å². The van der Waals surface area contributed by atoms with E-state index in [1.54, 1.807) is 20.3 Å². The van der Waals surface area contributed by atoms with Gasteiger partial charge in [0.25, 0.3) is 5.91 Å². The van der Waals surface area contributed by atoms with Crippen molar-refractivity contribution < 1.29 is 19.0 Å². The monoisotopic (exact) mass is 502 g/mol. The average molecular weight is 503 g/mol. The Morgan fingerprint density at radius 1 is 0.946 bits per heavy atom. The second-order valence-corrected chi connectivity index (χ2v) is 9.31.